The van der Waals surface area contributed by atoms with Crippen LogP contribution >= 0.6 is 23.1 Å². The van der Waals surface area contributed by atoms with Gasteiger partial charge in [0.25, 0.3) is 0 Å². The molecule has 3 heterocycles. The summed E-state index contributed by atoms with van der Waals surface area (Å²) in [6.07, 6.45) is 1.99. The van der Waals surface area contributed by atoms with Crippen molar-refractivity contribution in [3.05, 3.63) is 30.0 Å². The first-order valence-corrected chi connectivity index (χ1v) is 9.25. The van der Waals surface area contributed by atoms with Gasteiger partial charge in [0.15, 0.2) is 5.13 Å². The monoisotopic (exact) mass is 375 g/mol. The van der Waals surface area contributed by atoms with Crippen molar-refractivity contribution in [3.63, 3.8) is 0 Å². The van der Waals surface area contributed by atoms with E-state index in [4.69, 9.17) is 0 Å². The van der Waals surface area contributed by atoms with E-state index in [2.05, 4.69) is 25.6 Å². The maximum atomic E-state index is 12.4. The summed E-state index contributed by atoms with van der Waals surface area (Å²) in [5.41, 5.74) is 0.646. The van der Waals surface area contributed by atoms with Crippen molar-refractivity contribution < 1.29 is 13.2 Å². The van der Waals surface area contributed by atoms with E-state index in [0.29, 0.717) is 17.4 Å². The fourth-order valence-corrected chi connectivity index (χ4v) is 4.13. The molecule has 5 nitrogen and oxygen atoms in total. The first-order valence-electron chi connectivity index (χ1n) is 7.45. The van der Waals surface area contributed by atoms with Gasteiger partial charge >= 0.3 is 6.18 Å². The molecule has 1 aliphatic rings. The summed E-state index contributed by atoms with van der Waals surface area (Å²) in [5.74, 6) is -0.605. The summed E-state index contributed by atoms with van der Waals surface area (Å²) >= 11 is 3.05. The van der Waals surface area contributed by atoms with Crippen LogP contribution in [0.15, 0.2) is 22.8 Å². The third-order valence-electron chi connectivity index (χ3n) is 3.45. The third kappa shape index (κ3) is 4.81. The Morgan fingerprint density at radius 1 is 1.25 bits per heavy atom. The minimum Gasteiger partial charge on any atom is -0.357 e. The van der Waals surface area contributed by atoms with Gasteiger partial charge in [-0.1, -0.05) is 11.3 Å². The Hall–Kier alpha value is -1.39. The zero-order valence-electron chi connectivity index (χ0n) is 12.6. The van der Waals surface area contributed by atoms with Crippen LogP contribution in [0.25, 0.3) is 0 Å². The predicted molar refractivity (Wildman–Crippen MR) is 88.2 cm³/mol. The van der Waals surface area contributed by atoms with Crippen molar-refractivity contribution in [2.75, 3.05) is 18.4 Å². The van der Waals surface area contributed by atoms with Crippen LogP contribution in [0.4, 0.5) is 18.3 Å². The SMILES string of the molecule is FC(F)(F)c1ncc(CSc2cnc(N[C@@H]3CCCNC3)s2)cn1. The van der Waals surface area contributed by atoms with E-state index in [1.165, 1.54) is 24.2 Å². The molecule has 0 amide bonds. The number of anilines is 1. The molecule has 1 saturated heterocycles. The van der Waals surface area contributed by atoms with Crippen molar-refractivity contribution in [1.29, 1.82) is 0 Å². The fraction of sp³-hybridized carbons (Fsp3) is 0.500. The average Bonchev–Trinajstić information content (AvgIpc) is 3.01. The van der Waals surface area contributed by atoms with Crippen LogP contribution in [-0.2, 0) is 11.9 Å². The minimum absolute atomic E-state index is 0.395. The van der Waals surface area contributed by atoms with Gasteiger partial charge in [0.05, 0.1) is 10.4 Å². The Bertz CT molecular complexity index is 653. The zero-order chi connectivity index (χ0) is 17.0. The number of hydrogen-bond donors (Lipinski definition) is 2. The molecule has 2 aromatic rings. The molecule has 0 spiro atoms. The fourth-order valence-electron chi connectivity index (χ4n) is 2.27. The highest BCUT2D eigenvalue weighted by Crippen LogP contribution is 2.31. The van der Waals surface area contributed by atoms with E-state index in [0.717, 1.165) is 35.3 Å². The van der Waals surface area contributed by atoms with Crippen LogP contribution < -0.4 is 10.6 Å². The lowest BCUT2D eigenvalue weighted by atomic mass is 10.1. The number of thiazole rings is 1. The number of piperidine rings is 1. The highest BCUT2D eigenvalue weighted by Gasteiger charge is 2.34. The third-order valence-corrected chi connectivity index (χ3v) is 5.64. The first-order chi connectivity index (χ1) is 11.5. The van der Waals surface area contributed by atoms with Crippen LogP contribution in [0.3, 0.4) is 0 Å². The van der Waals surface area contributed by atoms with Gasteiger partial charge in [-0.25, -0.2) is 15.0 Å². The molecule has 10 heteroatoms. The van der Waals surface area contributed by atoms with E-state index in [1.54, 1.807) is 17.5 Å². The van der Waals surface area contributed by atoms with Crippen molar-refractivity contribution >= 4 is 28.2 Å². The lowest BCUT2D eigenvalue weighted by Crippen LogP contribution is -2.38. The maximum Gasteiger partial charge on any atom is 0.451 e. The van der Waals surface area contributed by atoms with E-state index in [-0.39, 0.29) is 0 Å². The molecule has 0 aromatic carbocycles. The number of nitrogens with one attached hydrogen (secondary N) is 2. The van der Waals surface area contributed by atoms with Gasteiger partial charge in [-0.3, -0.25) is 0 Å². The molecule has 130 valence electrons. The minimum atomic E-state index is -4.50. The van der Waals surface area contributed by atoms with Gasteiger partial charge in [0.1, 0.15) is 0 Å². The van der Waals surface area contributed by atoms with Crippen LogP contribution in [0.2, 0.25) is 0 Å². The molecule has 2 N–H and O–H groups in total. The summed E-state index contributed by atoms with van der Waals surface area (Å²) in [6, 6.07) is 0.395. The largest absolute Gasteiger partial charge is 0.451 e. The molecule has 1 aliphatic heterocycles. The zero-order valence-corrected chi connectivity index (χ0v) is 14.3. The van der Waals surface area contributed by atoms with Gasteiger partial charge in [0.2, 0.25) is 5.82 Å². The van der Waals surface area contributed by atoms with Crippen molar-refractivity contribution in [2.24, 2.45) is 0 Å². The number of rotatable bonds is 5. The van der Waals surface area contributed by atoms with Crippen LogP contribution in [-0.4, -0.2) is 34.1 Å². The lowest BCUT2D eigenvalue weighted by Gasteiger charge is -2.23. The second-order valence-corrected chi connectivity index (χ2v) is 7.68. The molecule has 0 radical (unpaired) electrons. The Morgan fingerprint density at radius 2 is 2.04 bits per heavy atom. The predicted octanol–water partition coefficient (Wildman–Crippen LogP) is 3.41. The Labute approximate surface area is 145 Å². The van der Waals surface area contributed by atoms with Crippen molar-refractivity contribution in [1.82, 2.24) is 20.3 Å². The molecule has 3 rings (SSSR count). The second-order valence-electron chi connectivity index (χ2n) is 5.37. The molecule has 1 fully saturated rings. The van der Waals surface area contributed by atoms with Gasteiger partial charge in [-0.15, -0.1) is 11.8 Å². The molecule has 0 aliphatic carbocycles. The molecular formula is C14H16F3N5S2. The van der Waals surface area contributed by atoms with Gasteiger partial charge < -0.3 is 10.6 Å². The first kappa shape index (κ1) is 17.4. The number of nitrogens with zero attached hydrogens (tertiary/aromatic N) is 3. The summed E-state index contributed by atoms with van der Waals surface area (Å²) < 4.78 is 38.3. The molecule has 0 bridgehead atoms. The molecule has 0 saturated carbocycles. The standard InChI is InChI=1S/C14H16F3N5S2/c15-14(16,17)12-19-4-9(5-20-12)8-23-11-7-21-13(24-11)22-10-2-1-3-18-6-10/h4-5,7,10,18H,1-3,6,8H2,(H,21,22)/t10-/m1/s1. The molecule has 24 heavy (non-hydrogen) atoms. The van der Waals surface area contributed by atoms with Crippen LogP contribution in [0.1, 0.15) is 24.2 Å². The Balaban J connectivity index is 1.51. The number of alkyl halides is 3. The number of hydrogen-bond acceptors (Lipinski definition) is 7. The smallest absolute Gasteiger partial charge is 0.357 e. The van der Waals surface area contributed by atoms with E-state index < -0.39 is 12.0 Å². The highest BCUT2D eigenvalue weighted by atomic mass is 32.2. The number of aromatic nitrogens is 3. The maximum absolute atomic E-state index is 12.4. The van der Waals surface area contributed by atoms with Crippen LogP contribution in [0, 0.1) is 0 Å². The molecular weight excluding hydrogens is 359 g/mol. The quantitative estimate of drug-likeness (QED) is 0.781. The Kier molecular flexibility index (Phi) is 5.57. The average molecular weight is 375 g/mol. The van der Waals surface area contributed by atoms with Crippen molar-refractivity contribution in [2.45, 2.75) is 35.0 Å². The summed E-state index contributed by atoms with van der Waals surface area (Å²) in [7, 11) is 0. The second kappa shape index (κ2) is 7.66. The van der Waals surface area contributed by atoms with Gasteiger partial charge in [-0.2, -0.15) is 13.2 Å². The van der Waals surface area contributed by atoms with Crippen molar-refractivity contribution in [3.8, 4) is 0 Å². The Morgan fingerprint density at radius 3 is 2.71 bits per heavy atom. The molecule has 0 unspecified atom stereocenters. The summed E-state index contributed by atoms with van der Waals surface area (Å²) in [6.45, 7) is 2.00. The van der Waals surface area contributed by atoms with E-state index in [9.17, 15) is 13.2 Å². The van der Waals surface area contributed by atoms with Gasteiger partial charge in [0, 0.05) is 30.7 Å². The topological polar surface area (TPSA) is 62.7 Å². The summed E-state index contributed by atoms with van der Waals surface area (Å²) in [4.78, 5) is 11.1. The number of thioether (sulfide) groups is 1. The highest BCUT2D eigenvalue weighted by molar-refractivity contribution is 8.00. The van der Waals surface area contributed by atoms with E-state index in [1.807, 2.05) is 0 Å². The number of halogens is 3. The molecule has 1 atom stereocenters. The van der Waals surface area contributed by atoms with Crippen LogP contribution in [0.5, 0.6) is 0 Å². The van der Waals surface area contributed by atoms with Gasteiger partial charge in [-0.05, 0) is 24.9 Å². The lowest BCUT2D eigenvalue weighted by molar-refractivity contribution is -0.145. The summed E-state index contributed by atoms with van der Waals surface area (Å²) in [5, 5.41) is 7.61. The van der Waals surface area contributed by atoms with E-state index >= 15 is 0 Å². The normalized spacial score (nSPS) is 18.5. The molecule has 2 aromatic heterocycles.